The molecule has 0 nitrogen and oxygen atoms in total. The molecule has 2 aromatic carbocycles. The minimum Gasteiger partial charge on any atom is -0.0933 e. The molecule has 0 N–H and O–H groups in total. The van der Waals surface area contributed by atoms with Crippen LogP contribution in [0.2, 0.25) is 137 Å². The summed E-state index contributed by atoms with van der Waals surface area (Å²) in [6.45, 7) is 56.4. The number of halogens is 2. The summed E-state index contributed by atoms with van der Waals surface area (Å²) in [5.74, 6) is 3.67. The Morgan fingerprint density at radius 1 is 0.500 bits per heavy atom. The van der Waals surface area contributed by atoms with Gasteiger partial charge in [0, 0.05) is 62.1 Å². The second-order valence-corrected chi connectivity index (χ2v) is 73.9. The third-order valence-corrected chi connectivity index (χ3v) is 55.4. The fraction of sp³-hybridized carbons (Fsp3) is 0.632. The summed E-state index contributed by atoms with van der Waals surface area (Å²) in [5, 5.41) is 0.242. The number of hydrogen-bond acceptors (Lipinski definition) is 0. The van der Waals surface area contributed by atoms with E-state index in [2.05, 4.69) is 222 Å². The average molecular weight is 913 g/mol. The van der Waals surface area contributed by atoms with Crippen molar-refractivity contribution in [1.82, 2.24) is 0 Å². The average Bonchev–Trinajstić information content (AvgIpc) is 2.77. The highest BCUT2D eigenvalue weighted by atomic mass is 79.9. The Labute approximate surface area is 323 Å². The van der Waals surface area contributed by atoms with Crippen molar-refractivity contribution in [3.05, 3.63) is 64.7 Å². The van der Waals surface area contributed by atoms with Gasteiger partial charge in [0.05, 0.1) is 0 Å². The summed E-state index contributed by atoms with van der Waals surface area (Å²) in [5.41, 5.74) is 10.2. The van der Waals surface area contributed by atoms with Gasteiger partial charge >= 0.3 is 5.31 Å². The smallest absolute Gasteiger partial charge is 0.0933 e. The number of rotatable bonds is 11. The molecule has 2 aromatic rings. The van der Waals surface area contributed by atoms with Gasteiger partial charge in [-0.15, -0.1) is 0 Å². The Morgan fingerprint density at radius 2 is 0.812 bits per heavy atom. The van der Waals surface area contributed by atoms with Crippen LogP contribution in [-0.4, -0.2) is 61.8 Å². The number of hydrogen-bond donors (Lipinski definition) is 0. The van der Waals surface area contributed by atoms with Crippen LogP contribution in [-0.2, 0) is 4.28 Å². The van der Waals surface area contributed by atoms with Crippen molar-refractivity contribution in [2.24, 2.45) is 0 Å². The summed E-state index contributed by atoms with van der Waals surface area (Å²) < 4.78 is 0.320. The standard InChI is InChI=1S/C38H72Br2Si8/c1-41(2,3)36(42(4,5)6)33-29-32(38(45(13,14)15,46(16,17)18)47(19,20)21)30-34(37(43(7,8)9)44(10,11)12)35(33)48(39,40)28-27-31-25-23-22-24-26-31/h22-26,29-30,36-37H,1-21H3. The first kappa shape index (κ1) is 44.9. The molecular formula is C38H72Br2Si8. The highest BCUT2D eigenvalue weighted by molar-refractivity contribution is 9.52. The molecule has 0 aliphatic heterocycles. The maximum Gasteiger partial charge on any atom is 0.306 e. The van der Waals surface area contributed by atoms with Crippen LogP contribution >= 0.6 is 30.6 Å². The predicted octanol–water partition coefficient (Wildman–Crippen LogP) is 13.3. The van der Waals surface area contributed by atoms with Crippen LogP contribution in [0.1, 0.15) is 32.6 Å². The van der Waals surface area contributed by atoms with Gasteiger partial charge in [0.2, 0.25) is 0 Å². The molecule has 0 amide bonds. The van der Waals surface area contributed by atoms with Crippen LogP contribution in [0.15, 0.2) is 42.5 Å². The highest BCUT2D eigenvalue weighted by Gasteiger charge is 2.61. The molecule has 0 aliphatic rings. The van der Waals surface area contributed by atoms with E-state index in [1.165, 1.54) is 0 Å². The fourth-order valence-electron chi connectivity index (χ4n) is 11.6. The van der Waals surface area contributed by atoms with Crippen LogP contribution in [0.4, 0.5) is 0 Å². The van der Waals surface area contributed by atoms with Gasteiger partial charge in [-0.3, -0.25) is 0 Å². The monoisotopic (exact) mass is 910 g/mol. The molecule has 0 heterocycles. The summed E-state index contributed by atoms with van der Waals surface area (Å²) in [6, 6.07) is 16.4. The minimum atomic E-state index is -2.62. The van der Waals surface area contributed by atoms with Gasteiger partial charge in [0.25, 0.3) is 0 Å². The third-order valence-electron chi connectivity index (χ3n) is 10.5. The van der Waals surface area contributed by atoms with Gasteiger partial charge in [-0.1, -0.05) is 210 Å². The predicted molar refractivity (Wildman–Crippen MR) is 254 cm³/mol. The lowest BCUT2D eigenvalue weighted by atomic mass is 10.1. The van der Waals surface area contributed by atoms with Gasteiger partial charge in [0.1, 0.15) is 0 Å². The first-order valence-corrected chi connectivity index (χ1v) is 49.5. The maximum absolute atomic E-state index is 4.52. The zero-order valence-corrected chi connectivity index (χ0v) is 46.1. The molecular weight excluding hydrogens is 841 g/mol. The van der Waals surface area contributed by atoms with Crippen LogP contribution in [0.5, 0.6) is 0 Å². The van der Waals surface area contributed by atoms with Crippen molar-refractivity contribution >= 4 is 97.6 Å². The van der Waals surface area contributed by atoms with E-state index in [4.69, 9.17) is 0 Å². The Kier molecular flexibility index (Phi) is 13.5. The van der Waals surface area contributed by atoms with Crippen LogP contribution in [0, 0.1) is 11.5 Å². The van der Waals surface area contributed by atoms with E-state index in [1.807, 2.05) is 0 Å². The quantitative estimate of drug-likeness (QED) is 0.120. The van der Waals surface area contributed by atoms with Crippen molar-refractivity contribution in [3.63, 3.8) is 0 Å². The lowest BCUT2D eigenvalue weighted by Crippen LogP contribution is -2.74. The van der Waals surface area contributed by atoms with Crippen LogP contribution in [0.3, 0.4) is 0 Å². The maximum atomic E-state index is 4.52. The Bertz CT molecular complexity index is 1370. The Balaban J connectivity index is 3.60. The lowest BCUT2D eigenvalue weighted by molar-refractivity contribution is 0.995. The molecule has 2 rings (SSSR count). The minimum absolute atomic E-state index is 0.320. The fourth-order valence-corrected chi connectivity index (χ4v) is 72.6. The molecule has 0 fully saturated rings. The molecule has 0 bridgehead atoms. The highest BCUT2D eigenvalue weighted by Crippen LogP contribution is 2.52. The second kappa shape index (κ2) is 14.5. The number of benzene rings is 2. The van der Waals surface area contributed by atoms with Gasteiger partial charge < -0.3 is 0 Å². The van der Waals surface area contributed by atoms with Gasteiger partial charge in [-0.05, 0) is 48.6 Å². The Morgan fingerprint density at radius 3 is 1.08 bits per heavy atom. The van der Waals surface area contributed by atoms with E-state index in [1.54, 1.807) is 21.9 Å². The molecule has 0 saturated carbocycles. The van der Waals surface area contributed by atoms with Crippen LogP contribution < -0.4 is 5.19 Å². The zero-order valence-electron chi connectivity index (χ0n) is 35.0. The third kappa shape index (κ3) is 9.43. The Hall–Kier alpha value is 0.695. The van der Waals surface area contributed by atoms with Gasteiger partial charge in [-0.2, -0.15) is 0 Å². The van der Waals surface area contributed by atoms with E-state index in [0.717, 1.165) is 5.56 Å². The van der Waals surface area contributed by atoms with E-state index in [-0.39, 0.29) is 0 Å². The molecule has 0 spiro atoms. The van der Waals surface area contributed by atoms with Crippen LogP contribution in [0.25, 0.3) is 0 Å². The van der Waals surface area contributed by atoms with E-state index in [0.29, 0.717) is 14.6 Å². The topological polar surface area (TPSA) is 0 Å². The molecule has 0 radical (unpaired) electrons. The summed E-state index contributed by atoms with van der Waals surface area (Å²) >= 11 is 9.03. The summed E-state index contributed by atoms with van der Waals surface area (Å²) in [4.78, 5) is 0. The zero-order chi connectivity index (χ0) is 37.9. The van der Waals surface area contributed by atoms with Crippen molar-refractivity contribution in [1.29, 1.82) is 0 Å². The molecule has 48 heavy (non-hydrogen) atoms. The lowest BCUT2D eigenvalue weighted by Gasteiger charge is -2.60. The summed E-state index contributed by atoms with van der Waals surface area (Å²) in [6.07, 6.45) is 0. The van der Waals surface area contributed by atoms with E-state index in [9.17, 15) is 0 Å². The van der Waals surface area contributed by atoms with Crippen molar-refractivity contribution < 1.29 is 0 Å². The first-order chi connectivity index (χ1) is 21.0. The molecule has 270 valence electrons. The molecule has 0 unspecified atom stereocenters. The molecule has 0 aliphatic carbocycles. The normalized spacial score (nSPS) is 14.8. The van der Waals surface area contributed by atoms with Crippen molar-refractivity contribution in [2.75, 3.05) is 0 Å². The van der Waals surface area contributed by atoms with Crippen molar-refractivity contribution in [2.45, 2.75) is 152 Å². The second-order valence-electron chi connectivity index (χ2n) is 22.1. The molecule has 10 heteroatoms. The van der Waals surface area contributed by atoms with Gasteiger partial charge in [0.15, 0.2) is 0 Å². The van der Waals surface area contributed by atoms with Crippen molar-refractivity contribution in [3.8, 4) is 11.5 Å². The van der Waals surface area contributed by atoms with Gasteiger partial charge in [-0.25, -0.2) is 0 Å². The molecule has 0 aromatic heterocycles. The summed E-state index contributed by atoms with van der Waals surface area (Å²) in [7, 11) is -11.9. The SMILES string of the molecule is C[Si](C)(C)C(c1cc(C([Si](C)(C)C)([Si](C)(C)C)[Si](C)(C)C)cc(C([Si](C)(C)C)[Si](C)(C)C)c1[Si](Br)(Br)C#Cc1ccccc1)[Si](C)(C)C. The van der Waals surface area contributed by atoms with E-state index >= 15 is 0 Å². The molecule has 0 atom stereocenters. The molecule has 0 saturated heterocycles. The largest absolute Gasteiger partial charge is 0.306 e. The first-order valence-electron chi connectivity index (χ1n) is 18.2. The van der Waals surface area contributed by atoms with E-state index < -0.39 is 61.8 Å².